The van der Waals surface area contributed by atoms with Crippen LogP contribution >= 0.6 is 0 Å². The highest BCUT2D eigenvalue weighted by molar-refractivity contribution is 7.94. The zero-order valence-corrected chi connectivity index (χ0v) is 17.1. The molecule has 1 amide bonds. The fourth-order valence-corrected chi connectivity index (χ4v) is 7.55. The van der Waals surface area contributed by atoms with E-state index in [-0.39, 0.29) is 11.4 Å². The standard InChI is InChI=1S/C20H30N4O2S/c1-19(2)7-4-15(12-19)23-17-13-21-10-5-16(17)18(25)24-27(26)11-8-20(14-27)6-3-9-22-20/h5,10,13,15,22-23H,3-4,6-9,11-12,14H2,1-2H3. The van der Waals surface area contributed by atoms with Crippen LogP contribution in [0.5, 0.6) is 0 Å². The molecular weight excluding hydrogens is 360 g/mol. The number of aromatic nitrogens is 1. The van der Waals surface area contributed by atoms with E-state index >= 15 is 0 Å². The zero-order valence-electron chi connectivity index (χ0n) is 16.3. The molecule has 3 unspecified atom stereocenters. The molecule has 0 radical (unpaired) electrons. The largest absolute Gasteiger partial charge is 0.380 e. The summed E-state index contributed by atoms with van der Waals surface area (Å²) in [6, 6.07) is 2.03. The second-order valence-corrected chi connectivity index (χ2v) is 11.7. The smallest absolute Gasteiger partial charge is 0.287 e. The van der Waals surface area contributed by atoms with Gasteiger partial charge in [-0.25, -0.2) is 4.21 Å². The van der Waals surface area contributed by atoms with Crippen LogP contribution in [0.1, 0.15) is 62.7 Å². The van der Waals surface area contributed by atoms with Crippen LogP contribution < -0.4 is 10.6 Å². The topological polar surface area (TPSA) is 83.5 Å². The Morgan fingerprint density at radius 2 is 2.22 bits per heavy atom. The summed E-state index contributed by atoms with van der Waals surface area (Å²) in [4.78, 5) is 17.1. The molecular formula is C20H30N4O2S. The monoisotopic (exact) mass is 390 g/mol. The van der Waals surface area contributed by atoms with Gasteiger partial charge in [-0.15, -0.1) is 0 Å². The van der Waals surface area contributed by atoms with Crippen molar-refractivity contribution >= 4 is 21.3 Å². The van der Waals surface area contributed by atoms with E-state index in [1.165, 1.54) is 6.42 Å². The van der Waals surface area contributed by atoms with Gasteiger partial charge in [0.2, 0.25) is 0 Å². The highest BCUT2D eigenvalue weighted by Gasteiger charge is 2.43. The summed E-state index contributed by atoms with van der Waals surface area (Å²) in [5.41, 5.74) is 1.46. The molecule has 27 heavy (non-hydrogen) atoms. The highest BCUT2D eigenvalue weighted by Crippen LogP contribution is 2.38. The minimum absolute atomic E-state index is 0.0599. The molecule has 0 aromatic carbocycles. The minimum atomic E-state index is -2.49. The third-order valence-corrected chi connectivity index (χ3v) is 8.71. The van der Waals surface area contributed by atoms with E-state index < -0.39 is 9.73 Å². The highest BCUT2D eigenvalue weighted by atomic mass is 32.2. The first-order valence-corrected chi connectivity index (χ1v) is 11.9. The van der Waals surface area contributed by atoms with Gasteiger partial charge in [0.1, 0.15) is 0 Å². The van der Waals surface area contributed by atoms with Crippen molar-refractivity contribution < 1.29 is 9.00 Å². The van der Waals surface area contributed by atoms with Gasteiger partial charge in [0, 0.05) is 23.5 Å². The van der Waals surface area contributed by atoms with Gasteiger partial charge >= 0.3 is 0 Å². The maximum absolute atomic E-state index is 13.2. The van der Waals surface area contributed by atoms with Gasteiger partial charge in [-0.3, -0.25) is 9.78 Å². The molecule has 3 heterocycles. The number of nitrogens with one attached hydrogen (secondary N) is 2. The molecule has 1 spiro atoms. The number of hydrogen-bond acceptors (Lipinski definition) is 5. The molecule has 1 aromatic rings. The third kappa shape index (κ3) is 4.04. The maximum Gasteiger partial charge on any atom is 0.287 e. The van der Waals surface area contributed by atoms with E-state index in [0.717, 1.165) is 38.6 Å². The third-order valence-electron chi connectivity index (χ3n) is 6.36. The zero-order chi connectivity index (χ0) is 19.1. The second-order valence-electron chi connectivity index (χ2n) is 9.25. The normalized spacial score (nSPS) is 34.8. The van der Waals surface area contributed by atoms with Crippen LogP contribution in [0.2, 0.25) is 0 Å². The van der Waals surface area contributed by atoms with E-state index in [1.807, 2.05) is 0 Å². The van der Waals surface area contributed by atoms with Crippen LogP contribution in [0, 0.1) is 5.41 Å². The number of rotatable bonds is 3. The molecule has 3 aliphatic rings. The van der Waals surface area contributed by atoms with Crippen LogP contribution in [0.3, 0.4) is 0 Å². The summed E-state index contributed by atoms with van der Waals surface area (Å²) < 4.78 is 17.4. The number of amides is 1. The lowest BCUT2D eigenvalue weighted by Gasteiger charge is -2.21. The Labute approximate surface area is 162 Å². The van der Waals surface area contributed by atoms with Crippen LogP contribution in [-0.2, 0) is 9.73 Å². The van der Waals surface area contributed by atoms with E-state index in [0.29, 0.717) is 34.2 Å². The second kappa shape index (κ2) is 6.85. The molecule has 1 aliphatic carbocycles. The van der Waals surface area contributed by atoms with Crippen LogP contribution in [0.4, 0.5) is 5.69 Å². The molecule has 4 rings (SSSR count). The predicted octanol–water partition coefficient (Wildman–Crippen LogP) is 3.21. The lowest BCUT2D eigenvalue weighted by atomic mass is 9.92. The first-order valence-electron chi connectivity index (χ1n) is 10.0. The van der Waals surface area contributed by atoms with Gasteiger partial charge in [-0.05, 0) is 56.6 Å². The van der Waals surface area contributed by atoms with E-state index in [9.17, 15) is 9.00 Å². The number of carbonyl (C=O) groups is 1. The van der Waals surface area contributed by atoms with Crippen molar-refractivity contribution in [1.82, 2.24) is 10.3 Å². The van der Waals surface area contributed by atoms with Crippen molar-refractivity contribution in [3.63, 3.8) is 0 Å². The van der Waals surface area contributed by atoms with Crippen molar-refractivity contribution in [3.8, 4) is 0 Å². The molecule has 2 saturated heterocycles. The molecule has 1 aromatic heterocycles. The quantitative estimate of drug-likeness (QED) is 0.828. The molecule has 7 heteroatoms. The first-order chi connectivity index (χ1) is 12.8. The number of anilines is 1. The van der Waals surface area contributed by atoms with Crippen molar-refractivity contribution in [2.45, 2.75) is 64.0 Å². The van der Waals surface area contributed by atoms with E-state index in [1.54, 1.807) is 18.5 Å². The summed E-state index contributed by atoms with van der Waals surface area (Å²) in [5.74, 6) is 0.629. The van der Waals surface area contributed by atoms with Gasteiger partial charge in [0.25, 0.3) is 5.91 Å². The lowest BCUT2D eigenvalue weighted by Crippen LogP contribution is -2.40. The predicted molar refractivity (Wildman–Crippen MR) is 108 cm³/mol. The Balaban J connectivity index is 1.53. The van der Waals surface area contributed by atoms with Crippen molar-refractivity contribution in [1.29, 1.82) is 0 Å². The molecule has 0 bridgehead atoms. The Kier molecular flexibility index (Phi) is 4.79. The average Bonchev–Trinajstić information content (AvgIpc) is 3.29. The van der Waals surface area contributed by atoms with Crippen LogP contribution in [0.25, 0.3) is 0 Å². The molecule has 148 valence electrons. The van der Waals surface area contributed by atoms with Crippen LogP contribution in [0.15, 0.2) is 22.8 Å². The molecule has 2 aliphatic heterocycles. The van der Waals surface area contributed by atoms with Crippen molar-refractivity contribution in [3.05, 3.63) is 24.0 Å². The van der Waals surface area contributed by atoms with E-state index in [2.05, 4.69) is 33.8 Å². The summed E-state index contributed by atoms with van der Waals surface area (Å²) in [6.45, 7) is 5.52. The molecule has 3 atom stereocenters. The Morgan fingerprint density at radius 3 is 2.93 bits per heavy atom. The minimum Gasteiger partial charge on any atom is -0.380 e. The summed E-state index contributed by atoms with van der Waals surface area (Å²) in [7, 11) is -2.49. The number of pyridine rings is 1. The van der Waals surface area contributed by atoms with Crippen LogP contribution in [-0.4, -0.2) is 44.7 Å². The van der Waals surface area contributed by atoms with E-state index in [4.69, 9.17) is 0 Å². The Hall–Kier alpha value is -1.47. The Morgan fingerprint density at radius 1 is 1.37 bits per heavy atom. The van der Waals surface area contributed by atoms with Gasteiger partial charge in [-0.2, -0.15) is 4.36 Å². The molecule has 3 fully saturated rings. The first kappa shape index (κ1) is 18.9. The molecule has 2 N–H and O–H groups in total. The number of nitrogens with zero attached hydrogens (tertiary/aromatic N) is 2. The van der Waals surface area contributed by atoms with Gasteiger partial charge < -0.3 is 10.6 Å². The summed E-state index contributed by atoms with van der Waals surface area (Å²) >= 11 is 0. The molecule has 1 saturated carbocycles. The number of carbonyl (C=O) groups excluding carboxylic acids is 1. The fraction of sp³-hybridized carbons (Fsp3) is 0.700. The number of hydrogen-bond donors (Lipinski definition) is 2. The Bertz CT molecular complexity index is 851. The van der Waals surface area contributed by atoms with Crippen molar-refractivity contribution in [2.24, 2.45) is 9.78 Å². The SMILES string of the molecule is CC1(C)CCC(Nc2cnccc2C(=O)N=S2(=O)CCC3(CCCN3)C2)C1. The van der Waals surface area contributed by atoms with Gasteiger partial charge in [-0.1, -0.05) is 13.8 Å². The van der Waals surface area contributed by atoms with Crippen molar-refractivity contribution in [2.75, 3.05) is 23.4 Å². The fourth-order valence-electron chi connectivity index (χ4n) is 4.89. The average molecular weight is 391 g/mol. The summed E-state index contributed by atoms with van der Waals surface area (Å²) in [5, 5.41) is 6.98. The van der Waals surface area contributed by atoms with Gasteiger partial charge in [0.15, 0.2) is 0 Å². The maximum atomic E-state index is 13.2. The summed E-state index contributed by atoms with van der Waals surface area (Å²) in [6.07, 6.45) is 9.61. The lowest BCUT2D eigenvalue weighted by molar-refractivity contribution is 0.101. The molecule has 6 nitrogen and oxygen atoms in total. The van der Waals surface area contributed by atoms with Gasteiger partial charge in [0.05, 0.1) is 32.9 Å².